The second kappa shape index (κ2) is 9.11. The summed E-state index contributed by atoms with van der Waals surface area (Å²) in [6.07, 6.45) is -1.18. The normalized spacial score (nSPS) is 13.0. The lowest BCUT2D eigenvalue weighted by molar-refractivity contribution is 0.0966. The maximum absolute atomic E-state index is 12.4. The number of aromatic nitrogens is 1. The zero-order valence-electron chi connectivity index (χ0n) is 16.6. The molecular formula is C20H22N6O4. The SMILES string of the molecule is COCC(CNc1nc(Nc2cccc(C)c2)c2c(c1C#N)CNC2=O)NC(=O)O. The van der Waals surface area contributed by atoms with Crippen molar-refractivity contribution in [1.29, 1.82) is 5.26 Å². The minimum Gasteiger partial charge on any atom is -0.465 e. The van der Waals surface area contributed by atoms with Gasteiger partial charge in [0.05, 0.1) is 18.2 Å². The number of rotatable bonds is 8. The summed E-state index contributed by atoms with van der Waals surface area (Å²) < 4.78 is 5.03. The maximum Gasteiger partial charge on any atom is 0.405 e. The van der Waals surface area contributed by atoms with Gasteiger partial charge in [0.25, 0.3) is 5.91 Å². The number of anilines is 3. The summed E-state index contributed by atoms with van der Waals surface area (Å²) in [5.41, 5.74) is 2.91. The lowest BCUT2D eigenvalue weighted by Gasteiger charge is -2.19. The number of amides is 2. The Labute approximate surface area is 173 Å². The fourth-order valence-corrected chi connectivity index (χ4v) is 3.26. The van der Waals surface area contributed by atoms with E-state index in [1.165, 1.54) is 7.11 Å². The molecule has 1 unspecified atom stereocenters. The standard InChI is InChI=1S/C20H22N6O4/c1-11-4-3-5-12(6-11)24-18-16-15(9-23-19(16)27)14(7-21)17(26-18)22-8-13(10-30-2)25-20(28)29/h3-6,13,25H,8-10H2,1-2H3,(H,23,27)(H,28,29)(H2,22,24,26). The Morgan fingerprint density at radius 1 is 1.43 bits per heavy atom. The largest absolute Gasteiger partial charge is 0.465 e. The van der Waals surface area contributed by atoms with E-state index < -0.39 is 12.1 Å². The van der Waals surface area contributed by atoms with E-state index in [1.54, 1.807) is 0 Å². The average Bonchev–Trinajstić information content (AvgIpc) is 3.08. The van der Waals surface area contributed by atoms with Crippen LogP contribution in [0, 0.1) is 18.3 Å². The van der Waals surface area contributed by atoms with Crippen LogP contribution >= 0.6 is 0 Å². The number of carbonyl (C=O) groups excluding carboxylic acids is 1. The number of fused-ring (bicyclic) bond motifs is 1. The zero-order chi connectivity index (χ0) is 21.7. The first-order chi connectivity index (χ1) is 14.4. The van der Waals surface area contributed by atoms with Gasteiger partial charge < -0.3 is 31.1 Å². The van der Waals surface area contributed by atoms with Crippen LogP contribution in [0.5, 0.6) is 0 Å². The molecule has 2 aromatic rings. The molecule has 0 aliphatic carbocycles. The first-order valence-electron chi connectivity index (χ1n) is 9.24. The smallest absolute Gasteiger partial charge is 0.405 e. The molecule has 0 saturated carbocycles. The molecule has 156 valence electrons. The van der Waals surface area contributed by atoms with Crippen LogP contribution in [0.3, 0.4) is 0 Å². The highest BCUT2D eigenvalue weighted by Gasteiger charge is 2.29. The number of carboxylic acid groups (broad SMARTS) is 1. The van der Waals surface area contributed by atoms with Gasteiger partial charge in [-0.15, -0.1) is 0 Å². The number of benzene rings is 1. The van der Waals surface area contributed by atoms with Gasteiger partial charge in [0.2, 0.25) is 0 Å². The van der Waals surface area contributed by atoms with E-state index in [-0.39, 0.29) is 37.0 Å². The van der Waals surface area contributed by atoms with Gasteiger partial charge in [0, 0.05) is 31.5 Å². The number of nitrogens with one attached hydrogen (secondary N) is 4. The maximum atomic E-state index is 12.4. The Hall–Kier alpha value is -3.84. The predicted molar refractivity (Wildman–Crippen MR) is 110 cm³/mol. The van der Waals surface area contributed by atoms with Crippen molar-refractivity contribution in [2.75, 3.05) is 30.9 Å². The van der Waals surface area contributed by atoms with E-state index >= 15 is 0 Å². The highest BCUT2D eigenvalue weighted by molar-refractivity contribution is 6.04. The molecule has 0 bridgehead atoms. The molecular weight excluding hydrogens is 388 g/mol. The average molecular weight is 410 g/mol. The van der Waals surface area contributed by atoms with Gasteiger partial charge in [-0.1, -0.05) is 12.1 Å². The molecule has 30 heavy (non-hydrogen) atoms. The van der Waals surface area contributed by atoms with Gasteiger partial charge in [-0.05, 0) is 24.6 Å². The minimum absolute atomic E-state index is 0.139. The molecule has 1 aliphatic heterocycles. The quantitative estimate of drug-likeness (QED) is 0.443. The Morgan fingerprint density at radius 3 is 2.90 bits per heavy atom. The third-order valence-electron chi connectivity index (χ3n) is 4.56. The van der Waals surface area contributed by atoms with Crippen molar-refractivity contribution in [3.05, 3.63) is 46.5 Å². The third kappa shape index (κ3) is 4.59. The molecule has 0 spiro atoms. The molecule has 2 amide bonds. The number of hydrogen-bond acceptors (Lipinski definition) is 7. The van der Waals surface area contributed by atoms with Crippen LogP contribution in [0.4, 0.5) is 22.1 Å². The van der Waals surface area contributed by atoms with Gasteiger partial charge in [-0.3, -0.25) is 4.79 Å². The van der Waals surface area contributed by atoms with Crippen LogP contribution in [0.1, 0.15) is 27.0 Å². The summed E-state index contributed by atoms with van der Waals surface area (Å²) in [6.45, 7) is 2.45. The van der Waals surface area contributed by atoms with Crippen molar-refractivity contribution in [2.24, 2.45) is 0 Å². The summed E-state index contributed by atoms with van der Waals surface area (Å²) in [6, 6.07) is 9.15. The molecule has 1 atom stereocenters. The van der Waals surface area contributed by atoms with E-state index in [0.29, 0.717) is 16.9 Å². The molecule has 0 fully saturated rings. The molecule has 1 aliphatic rings. The number of methoxy groups -OCH3 is 1. The molecule has 0 radical (unpaired) electrons. The predicted octanol–water partition coefficient (Wildman–Crippen LogP) is 1.94. The summed E-state index contributed by atoms with van der Waals surface area (Å²) in [7, 11) is 1.46. The Balaban J connectivity index is 1.96. The van der Waals surface area contributed by atoms with E-state index in [0.717, 1.165) is 11.3 Å². The van der Waals surface area contributed by atoms with Crippen LogP contribution in [-0.4, -0.2) is 48.4 Å². The lowest BCUT2D eigenvalue weighted by atomic mass is 10.0. The van der Waals surface area contributed by atoms with E-state index in [4.69, 9.17) is 9.84 Å². The molecule has 0 saturated heterocycles. The Morgan fingerprint density at radius 2 is 2.23 bits per heavy atom. The first kappa shape index (κ1) is 20.9. The van der Waals surface area contributed by atoms with Crippen molar-refractivity contribution in [1.82, 2.24) is 15.6 Å². The Kier molecular flexibility index (Phi) is 6.34. The van der Waals surface area contributed by atoms with Gasteiger partial charge in [-0.2, -0.15) is 5.26 Å². The van der Waals surface area contributed by atoms with Crippen molar-refractivity contribution in [3.8, 4) is 6.07 Å². The van der Waals surface area contributed by atoms with Gasteiger partial charge in [0.1, 0.15) is 23.3 Å². The van der Waals surface area contributed by atoms with Gasteiger partial charge in [-0.25, -0.2) is 9.78 Å². The van der Waals surface area contributed by atoms with Crippen LogP contribution in [0.15, 0.2) is 24.3 Å². The highest BCUT2D eigenvalue weighted by atomic mass is 16.5. The molecule has 10 nitrogen and oxygen atoms in total. The number of hydrogen-bond donors (Lipinski definition) is 5. The van der Waals surface area contributed by atoms with Crippen molar-refractivity contribution >= 4 is 29.3 Å². The molecule has 1 aromatic heterocycles. The number of nitriles is 1. The van der Waals surface area contributed by atoms with Crippen molar-refractivity contribution in [3.63, 3.8) is 0 Å². The number of carbonyl (C=O) groups is 2. The van der Waals surface area contributed by atoms with Crippen molar-refractivity contribution in [2.45, 2.75) is 19.5 Å². The molecule has 5 N–H and O–H groups in total. The van der Waals surface area contributed by atoms with Crippen molar-refractivity contribution < 1.29 is 19.4 Å². The monoisotopic (exact) mass is 410 g/mol. The van der Waals surface area contributed by atoms with E-state index in [9.17, 15) is 14.9 Å². The van der Waals surface area contributed by atoms with Gasteiger partial charge >= 0.3 is 6.09 Å². The topological polar surface area (TPSA) is 148 Å². The van der Waals surface area contributed by atoms with Crippen LogP contribution in [-0.2, 0) is 11.3 Å². The van der Waals surface area contributed by atoms with Crippen LogP contribution in [0.25, 0.3) is 0 Å². The second-order valence-electron chi connectivity index (χ2n) is 6.81. The summed E-state index contributed by atoms with van der Waals surface area (Å²) in [4.78, 5) is 27.8. The fraction of sp³-hybridized carbons (Fsp3) is 0.300. The fourth-order valence-electron chi connectivity index (χ4n) is 3.26. The highest BCUT2D eigenvalue weighted by Crippen LogP contribution is 2.32. The molecule has 3 rings (SSSR count). The lowest BCUT2D eigenvalue weighted by Crippen LogP contribution is -2.42. The number of pyridine rings is 1. The molecule has 2 heterocycles. The van der Waals surface area contributed by atoms with Crippen LogP contribution in [0.2, 0.25) is 0 Å². The Bertz CT molecular complexity index is 1020. The molecule has 1 aromatic carbocycles. The third-order valence-corrected chi connectivity index (χ3v) is 4.56. The number of nitrogens with zero attached hydrogens (tertiary/aromatic N) is 2. The van der Waals surface area contributed by atoms with E-state index in [1.807, 2.05) is 31.2 Å². The second-order valence-corrected chi connectivity index (χ2v) is 6.81. The molecule has 10 heteroatoms. The minimum atomic E-state index is -1.18. The number of ether oxygens (including phenoxy) is 1. The summed E-state index contributed by atoms with van der Waals surface area (Å²) in [5.74, 6) is 0.276. The summed E-state index contributed by atoms with van der Waals surface area (Å²) in [5, 5.41) is 29.9. The van der Waals surface area contributed by atoms with Gasteiger partial charge in [0.15, 0.2) is 0 Å². The number of aryl methyl sites for hydroxylation is 1. The first-order valence-corrected chi connectivity index (χ1v) is 9.24. The zero-order valence-corrected chi connectivity index (χ0v) is 16.6. The van der Waals surface area contributed by atoms with E-state index in [2.05, 4.69) is 32.3 Å². The van der Waals surface area contributed by atoms with Crippen LogP contribution < -0.4 is 21.3 Å². The summed E-state index contributed by atoms with van der Waals surface area (Å²) >= 11 is 0.